The van der Waals surface area contributed by atoms with Gasteiger partial charge in [0.1, 0.15) is 0 Å². The largest absolute Gasteiger partial charge is 0.334 e. The Balaban J connectivity index is 0.00000150. The minimum absolute atomic E-state index is 0. The van der Waals surface area contributed by atoms with E-state index in [-0.39, 0.29) is 42.8 Å². The van der Waals surface area contributed by atoms with Gasteiger partial charge in [0.05, 0.1) is 22.8 Å². The fourth-order valence-corrected chi connectivity index (χ4v) is 3.83. The predicted octanol–water partition coefficient (Wildman–Crippen LogP) is 4.09. The number of nitrogens with zero attached hydrogens (tertiary/aromatic N) is 4. The molecule has 3 aromatic rings. The van der Waals surface area contributed by atoms with Crippen molar-refractivity contribution in [2.45, 2.75) is 38.8 Å². The maximum absolute atomic E-state index is 13.4. The van der Waals surface area contributed by atoms with Gasteiger partial charge in [-0.05, 0) is 32.8 Å². The van der Waals surface area contributed by atoms with E-state index in [1.165, 1.54) is 0 Å². The normalized spacial score (nSPS) is 16.0. The van der Waals surface area contributed by atoms with Crippen LogP contribution in [0.5, 0.6) is 0 Å². The number of hydrogen-bond donors (Lipinski definition) is 1. The third-order valence-electron chi connectivity index (χ3n) is 5.27. The third kappa shape index (κ3) is 4.25. The van der Waals surface area contributed by atoms with Gasteiger partial charge in [-0.3, -0.25) is 4.79 Å². The van der Waals surface area contributed by atoms with Crippen molar-refractivity contribution in [3.63, 3.8) is 0 Å². The van der Waals surface area contributed by atoms with Crippen molar-refractivity contribution >= 4 is 41.8 Å². The molecule has 29 heavy (non-hydrogen) atoms. The van der Waals surface area contributed by atoms with Crippen LogP contribution in [0.15, 0.2) is 42.6 Å². The van der Waals surface area contributed by atoms with Crippen molar-refractivity contribution in [3.05, 3.63) is 48.2 Å². The lowest BCUT2D eigenvalue weighted by Gasteiger charge is -2.24. The Bertz CT molecular complexity index is 974. The first-order valence-electron chi connectivity index (χ1n) is 9.55. The van der Waals surface area contributed by atoms with Crippen LogP contribution in [0.2, 0.25) is 0 Å². The van der Waals surface area contributed by atoms with Crippen molar-refractivity contribution < 1.29 is 4.79 Å². The van der Waals surface area contributed by atoms with E-state index in [9.17, 15) is 4.79 Å². The van der Waals surface area contributed by atoms with E-state index < -0.39 is 0 Å². The Hall–Kier alpha value is -2.15. The highest BCUT2D eigenvalue weighted by Gasteiger charge is 2.30. The number of benzene rings is 1. The number of amides is 1. The molecule has 1 aliphatic rings. The second-order valence-electron chi connectivity index (χ2n) is 7.37. The molecule has 4 rings (SSSR count). The van der Waals surface area contributed by atoms with Crippen LogP contribution in [-0.2, 0) is 0 Å². The maximum Gasteiger partial charge on any atom is 0.255 e. The van der Waals surface area contributed by atoms with Crippen molar-refractivity contribution in [1.82, 2.24) is 19.7 Å². The summed E-state index contributed by atoms with van der Waals surface area (Å²) in [5, 5.41) is 5.30. The molecule has 1 amide bonds. The molecule has 0 spiro atoms. The monoisotopic (exact) mass is 435 g/mol. The first-order valence-corrected chi connectivity index (χ1v) is 9.55. The average Bonchev–Trinajstić information content (AvgIpc) is 3.34. The van der Waals surface area contributed by atoms with Gasteiger partial charge in [-0.1, -0.05) is 30.3 Å². The number of pyridine rings is 1. The molecule has 0 radical (unpaired) electrons. The van der Waals surface area contributed by atoms with E-state index in [1.54, 1.807) is 6.20 Å². The molecule has 1 aliphatic heterocycles. The quantitative estimate of drug-likeness (QED) is 0.669. The molecule has 1 unspecified atom stereocenters. The summed E-state index contributed by atoms with van der Waals surface area (Å²) in [5.74, 6) is 0.0239. The zero-order valence-electron chi connectivity index (χ0n) is 16.6. The highest BCUT2D eigenvalue weighted by molar-refractivity contribution is 6.06. The van der Waals surface area contributed by atoms with Crippen LogP contribution in [0.25, 0.3) is 22.3 Å². The van der Waals surface area contributed by atoms with E-state index >= 15 is 0 Å². The molecule has 1 saturated heterocycles. The number of nitrogens with two attached hydrogens (primary N) is 1. The predicted molar refractivity (Wildman–Crippen MR) is 121 cm³/mol. The molecule has 1 fully saturated rings. The van der Waals surface area contributed by atoms with Gasteiger partial charge in [0.15, 0.2) is 5.65 Å². The molecule has 2 aromatic heterocycles. The molecule has 8 heteroatoms. The zero-order chi connectivity index (χ0) is 19.0. The van der Waals surface area contributed by atoms with E-state index in [2.05, 4.69) is 18.9 Å². The number of aromatic nitrogens is 3. The zero-order valence-corrected chi connectivity index (χ0v) is 18.2. The standard InChI is InChI=1S/C21H25N5O.2ClH/c1-14(2)26-20-18(13-23-26)17(21(27)25-10-6-9-16(25)12-22)11-19(24-20)15-7-4-3-5-8-15;;/h3-5,7-8,11,13-14,16H,6,9-10,12,22H2,1-2H3;2*1H. The molecular formula is C21H27Cl2N5O. The SMILES string of the molecule is CC(C)n1ncc2c(C(=O)N3CCCC3CN)cc(-c3ccccc3)nc21.Cl.Cl. The van der Waals surface area contributed by atoms with E-state index in [0.717, 1.165) is 41.7 Å². The van der Waals surface area contributed by atoms with Crippen LogP contribution < -0.4 is 5.73 Å². The smallest absolute Gasteiger partial charge is 0.255 e. The summed E-state index contributed by atoms with van der Waals surface area (Å²) in [6.45, 7) is 5.38. The van der Waals surface area contributed by atoms with Crippen molar-refractivity contribution in [3.8, 4) is 11.3 Å². The van der Waals surface area contributed by atoms with Crippen molar-refractivity contribution in [2.24, 2.45) is 5.73 Å². The van der Waals surface area contributed by atoms with E-state index in [1.807, 2.05) is 46.0 Å². The van der Waals surface area contributed by atoms with Crippen LogP contribution in [0.4, 0.5) is 0 Å². The molecule has 156 valence electrons. The fourth-order valence-electron chi connectivity index (χ4n) is 3.83. The summed E-state index contributed by atoms with van der Waals surface area (Å²) in [5.41, 5.74) is 9.08. The number of carbonyl (C=O) groups excluding carboxylic acids is 1. The number of fused-ring (bicyclic) bond motifs is 1. The Kier molecular flexibility index (Phi) is 7.63. The topological polar surface area (TPSA) is 77.0 Å². The lowest BCUT2D eigenvalue weighted by molar-refractivity contribution is 0.0743. The lowest BCUT2D eigenvalue weighted by Crippen LogP contribution is -2.40. The van der Waals surface area contributed by atoms with Crippen molar-refractivity contribution in [2.75, 3.05) is 13.1 Å². The summed E-state index contributed by atoms with van der Waals surface area (Å²) in [7, 11) is 0. The van der Waals surface area contributed by atoms with Gasteiger partial charge in [-0.2, -0.15) is 5.10 Å². The van der Waals surface area contributed by atoms with Gasteiger partial charge >= 0.3 is 0 Å². The summed E-state index contributed by atoms with van der Waals surface area (Å²) < 4.78 is 1.88. The van der Waals surface area contributed by atoms with E-state index in [0.29, 0.717) is 12.1 Å². The molecule has 1 aromatic carbocycles. The molecular weight excluding hydrogens is 409 g/mol. The number of hydrogen-bond acceptors (Lipinski definition) is 4. The number of rotatable bonds is 4. The average molecular weight is 436 g/mol. The summed E-state index contributed by atoms with van der Waals surface area (Å²) in [6.07, 6.45) is 3.73. The summed E-state index contributed by atoms with van der Waals surface area (Å²) >= 11 is 0. The Labute approximate surface area is 183 Å². The van der Waals surface area contributed by atoms with Gasteiger partial charge in [-0.25, -0.2) is 9.67 Å². The third-order valence-corrected chi connectivity index (χ3v) is 5.27. The van der Waals surface area contributed by atoms with Crippen LogP contribution in [0.1, 0.15) is 43.1 Å². The summed E-state index contributed by atoms with van der Waals surface area (Å²) in [6, 6.07) is 12.1. The highest BCUT2D eigenvalue weighted by atomic mass is 35.5. The van der Waals surface area contributed by atoms with Crippen LogP contribution in [-0.4, -0.2) is 44.7 Å². The minimum Gasteiger partial charge on any atom is -0.334 e. The highest BCUT2D eigenvalue weighted by Crippen LogP contribution is 2.29. The Morgan fingerprint density at radius 1 is 1.24 bits per heavy atom. The molecule has 2 N–H and O–H groups in total. The van der Waals surface area contributed by atoms with Gasteiger partial charge in [0.25, 0.3) is 5.91 Å². The first-order chi connectivity index (χ1) is 13.1. The Morgan fingerprint density at radius 2 is 1.97 bits per heavy atom. The maximum atomic E-state index is 13.4. The van der Waals surface area contributed by atoms with Crippen molar-refractivity contribution in [1.29, 1.82) is 0 Å². The molecule has 3 heterocycles. The van der Waals surface area contributed by atoms with E-state index in [4.69, 9.17) is 10.7 Å². The number of halogens is 2. The fraction of sp³-hybridized carbons (Fsp3) is 0.381. The van der Waals surface area contributed by atoms with Gasteiger partial charge in [0, 0.05) is 30.7 Å². The molecule has 1 atom stereocenters. The second-order valence-corrected chi connectivity index (χ2v) is 7.37. The molecule has 0 aliphatic carbocycles. The minimum atomic E-state index is 0. The molecule has 0 bridgehead atoms. The van der Waals surface area contributed by atoms with Crippen LogP contribution >= 0.6 is 24.8 Å². The Morgan fingerprint density at radius 3 is 2.62 bits per heavy atom. The lowest BCUT2D eigenvalue weighted by atomic mass is 10.1. The number of carbonyl (C=O) groups is 1. The second kappa shape index (κ2) is 9.57. The molecule has 6 nitrogen and oxygen atoms in total. The summed E-state index contributed by atoms with van der Waals surface area (Å²) in [4.78, 5) is 20.2. The van der Waals surface area contributed by atoms with Gasteiger partial charge in [-0.15, -0.1) is 24.8 Å². The van der Waals surface area contributed by atoms with Gasteiger partial charge < -0.3 is 10.6 Å². The number of likely N-dealkylation sites (tertiary alicyclic amines) is 1. The first kappa shape index (κ1) is 23.1. The van der Waals surface area contributed by atoms with Crippen LogP contribution in [0, 0.1) is 0 Å². The van der Waals surface area contributed by atoms with Gasteiger partial charge in [0.2, 0.25) is 0 Å². The van der Waals surface area contributed by atoms with Crippen LogP contribution in [0.3, 0.4) is 0 Å². The molecule has 0 saturated carbocycles.